The first kappa shape index (κ1) is 22.4. The monoisotopic (exact) mass is 381 g/mol. The minimum absolute atomic E-state index is 0.0798. The van der Waals surface area contributed by atoms with Crippen LogP contribution in [0.2, 0.25) is 36.3 Å². The molecule has 0 aliphatic carbocycles. The molecule has 1 aromatic carbocycles. The first-order valence-electron chi connectivity index (χ1n) is 9.27. The smallest absolute Gasteiger partial charge is 0.250 e. The van der Waals surface area contributed by atoms with Crippen LogP contribution in [0.3, 0.4) is 0 Å². The lowest BCUT2D eigenvalue weighted by molar-refractivity contribution is 0.191. The molecule has 25 heavy (non-hydrogen) atoms. The van der Waals surface area contributed by atoms with Gasteiger partial charge in [-0.15, -0.1) is 0 Å². The predicted molar refractivity (Wildman–Crippen MR) is 114 cm³/mol. The molecular formula is C20H39NO2Si2. The van der Waals surface area contributed by atoms with E-state index in [4.69, 9.17) is 14.6 Å². The van der Waals surface area contributed by atoms with Gasteiger partial charge in [0.05, 0.1) is 6.10 Å². The summed E-state index contributed by atoms with van der Waals surface area (Å²) in [4.78, 5) is 0. The molecule has 1 rings (SSSR count). The van der Waals surface area contributed by atoms with Crippen LogP contribution < -0.4 is 10.2 Å². The molecular weight excluding hydrogens is 342 g/mol. The van der Waals surface area contributed by atoms with E-state index in [1.807, 2.05) is 6.07 Å². The van der Waals surface area contributed by atoms with E-state index in [-0.39, 0.29) is 16.2 Å². The van der Waals surface area contributed by atoms with Gasteiger partial charge in [-0.2, -0.15) is 0 Å². The maximum atomic E-state index is 6.56. The molecule has 0 fully saturated rings. The Labute approximate surface area is 157 Å². The Balaban J connectivity index is 3.06. The SMILES string of the molecule is CC(C)(C)[Si](C)(C)Oc1cccc(C(CN)O[Si](C)(C)C(C)(C)C)c1. The molecule has 5 heteroatoms. The summed E-state index contributed by atoms with van der Waals surface area (Å²) in [6.45, 7) is 23.1. The van der Waals surface area contributed by atoms with Crippen LogP contribution in [0.5, 0.6) is 5.75 Å². The van der Waals surface area contributed by atoms with E-state index in [1.54, 1.807) is 0 Å². The maximum Gasteiger partial charge on any atom is 0.250 e. The highest BCUT2D eigenvalue weighted by atomic mass is 28.4. The molecule has 1 unspecified atom stereocenters. The highest BCUT2D eigenvalue weighted by Gasteiger charge is 2.40. The minimum atomic E-state index is -1.88. The molecule has 1 atom stereocenters. The highest BCUT2D eigenvalue weighted by Crippen LogP contribution is 2.41. The summed E-state index contributed by atoms with van der Waals surface area (Å²) >= 11 is 0. The van der Waals surface area contributed by atoms with E-state index in [1.165, 1.54) is 0 Å². The largest absolute Gasteiger partial charge is 0.543 e. The van der Waals surface area contributed by atoms with Crippen molar-refractivity contribution in [1.29, 1.82) is 0 Å². The lowest BCUT2D eigenvalue weighted by Crippen LogP contribution is -2.44. The summed E-state index contributed by atoms with van der Waals surface area (Å²) in [6.07, 6.45) is -0.0798. The van der Waals surface area contributed by atoms with Crippen molar-refractivity contribution in [2.75, 3.05) is 6.54 Å². The summed E-state index contributed by atoms with van der Waals surface area (Å²) in [5.41, 5.74) is 7.18. The van der Waals surface area contributed by atoms with Crippen molar-refractivity contribution in [2.24, 2.45) is 5.73 Å². The van der Waals surface area contributed by atoms with Gasteiger partial charge in [-0.25, -0.2) is 0 Å². The van der Waals surface area contributed by atoms with Crippen LogP contribution in [-0.4, -0.2) is 23.2 Å². The van der Waals surface area contributed by atoms with E-state index in [0.717, 1.165) is 11.3 Å². The van der Waals surface area contributed by atoms with Crippen molar-refractivity contribution in [3.63, 3.8) is 0 Å². The van der Waals surface area contributed by atoms with E-state index in [0.29, 0.717) is 6.54 Å². The second-order valence-corrected chi connectivity index (χ2v) is 19.5. The van der Waals surface area contributed by atoms with Gasteiger partial charge in [0.25, 0.3) is 0 Å². The van der Waals surface area contributed by atoms with Gasteiger partial charge in [-0.3, -0.25) is 0 Å². The topological polar surface area (TPSA) is 44.5 Å². The molecule has 0 spiro atoms. The maximum absolute atomic E-state index is 6.56. The van der Waals surface area contributed by atoms with Gasteiger partial charge >= 0.3 is 0 Å². The summed E-state index contributed by atoms with van der Waals surface area (Å²) in [5, 5.41) is 0.337. The van der Waals surface area contributed by atoms with Gasteiger partial charge in [0.2, 0.25) is 8.32 Å². The summed E-state index contributed by atoms with van der Waals surface area (Å²) in [5.74, 6) is 0.932. The summed E-state index contributed by atoms with van der Waals surface area (Å²) in [6, 6.07) is 8.31. The average molecular weight is 382 g/mol. The molecule has 0 radical (unpaired) electrons. The number of benzene rings is 1. The fourth-order valence-corrected chi connectivity index (χ4v) is 4.33. The predicted octanol–water partition coefficient (Wildman–Crippen LogP) is 6.09. The Morgan fingerprint density at radius 3 is 1.88 bits per heavy atom. The van der Waals surface area contributed by atoms with E-state index in [9.17, 15) is 0 Å². The van der Waals surface area contributed by atoms with Crippen LogP contribution in [0, 0.1) is 0 Å². The molecule has 0 heterocycles. The zero-order valence-corrected chi connectivity index (χ0v) is 20.0. The van der Waals surface area contributed by atoms with Gasteiger partial charge in [-0.1, -0.05) is 53.7 Å². The summed E-state index contributed by atoms with van der Waals surface area (Å²) in [7, 11) is -3.73. The second kappa shape index (κ2) is 7.55. The molecule has 0 aliphatic rings. The summed E-state index contributed by atoms with van der Waals surface area (Å²) < 4.78 is 13.0. The van der Waals surface area contributed by atoms with Crippen LogP contribution in [0.1, 0.15) is 53.2 Å². The first-order valence-corrected chi connectivity index (χ1v) is 15.1. The van der Waals surface area contributed by atoms with Crippen LogP contribution >= 0.6 is 0 Å². The number of rotatable bonds is 6. The first-order chi connectivity index (χ1) is 11.1. The Hall–Kier alpha value is -0.626. The Kier molecular flexibility index (Phi) is 6.77. The third-order valence-corrected chi connectivity index (χ3v) is 14.7. The molecule has 1 aromatic rings. The van der Waals surface area contributed by atoms with Gasteiger partial charge < -0.3 is 14.6 Å². The molecule has 3 nitrogen and oxygen atoms in total. The van der Waals surface area contributed by atoms with Crippen molar-refractivity contribution < 1.29 is 8.85 Å². The zero-order chi connectivity index (χ0) is 19.7. The van der Waals surface area contributed by atoms with Crippen molar-refractivity contribution in [2.45, 2.75) is 83.9 Å². The van der Waals surface area contributed by atoms with E-state index < -0.39 is 16.6 Å². The number of hydrogen-bond donors (Lipinski definition) is 1. The van der Waals surface area contributed by atoms with Crippen LogP contribution in [-0.2, 0) is 4.43 Å². The fourth-order valence-electron chi connectivity index (χ4n) is 2.01. The normalized spacial score (nSPS) is 15.2. The van der Waals surface area contributed by atoms with Crippen molar-refractivity contribution in [3.05, 3.63) is 29.8 Å². The molecule has 0 saturated carbocycles. The third kappa shape index (κ3) is 5.68. The molecule has 0 saturated heterocycles. The van der Waals surface area contributed by atoms with Gasteiger partial charge in [0.15, 0.2) is 8.32 Å². The molecule has 0 amide bonds. The Bertz CT molecular complexity index is 572. The highest BCUT2D eigenvalue weighted by molar-refractivity contribution is 6.75. The standard InChI is InChI=1S/C20H39NO2Si2/c1-19(2,3)24(7,8)22-17-13-11-12-16(14-17)18(15-21)23-25(9,10)20(4,5)6/h11-14,18H,15,21H2,1-10H3. The van der Waals surface area contributed by atoms with E-state index >= 15 is 0 Å². The minimum Gasteiger partial charge on any atom is -0.543 e. The van der Waals surface area contributed by atoms with Crippen LogP contribution in [0.25, 0.3) is 0 Å². The number of nitrogens with two attached hydrogens (primary N) is 1. The third-order valence-electron chi connectivity index (χ3n) is 5.87. The molecule has 0 aromatic heterocycles. The molecule has 2 N–H and O–H groups in total. The number of hydrogen-bond acceptors (Lipinski definition) is 3. The lowest BCUT2D eigenvalue weighted by Gasteiger charge is -2.39. The van der Waals surface area contributed by atoms with Crippen LogP contribution in [0.15, 0.2) is 24.3 Å². The lowest BCUT2D eigenvalue weighted by atomic mass is 10.1. The molecule has 0 aliphatic heterocycles. The fraction of sp³-hybridized carbons (Fsp3) is 0.700. The van der Waals surface area contributed by atoms with Gasteiger partial charge in [0.1, 0.15) is 5.75 Å². The molecule has 0 bridgehead atoms. The van der Waals surface area contributed by atoms with Crippen molar-refractivity contribution in [1.82, 2.24) is 0 Å². The molecule has 144 valence electrons. The Morgan fingerprint density at radius 1 is 0.920 bits per heavy atom. The quantitative estimate of drug-likeness (QED) is 0.606. The zero-order valence-electron chi connectivity index (χ0n) is 18.0. The van der Waals surface area contributed by atoms with Crippen LogP contribution in [0.4, 0.5) is 0 Å². The van der Waals surface area contributed by atoms with Gasteiger partial charge in [0, 0.05) is 6.54 Å². The van der Waals surface area contributed by atoms with Crippen molar-refractivity contribution in [3.8, 4) is 5.75 Å². The van der Waals surface area contributed by atoms with Gasteiger partial charge in [-0.05, 0) is 54.0 Å². The average Bonchev–Trinajstić information content (AvgIpc) is 2.42. The van der Waals surface area contributed by atoms with E-state index in [2.05, 4.69) is 85.9 Å². The Morgan fingerprint density at radius 2 is 1.44 bits per heavy atom. The van der Waals surface area contributed by atoms with Crippen molar-refractivity contribution >= 4 is 16.6 Å². The second-order valence-electron chi connectivity index (χ2n) is 10.0.